The predicted octanol–water partition coefficient (Wildman–Crippen LogP) is 4.57. The molecule has 0 unspecified atom stereocenters. The highest BCUT2D eigenvalue weighted by molar-refractivity contribution is 5.82. The van der Waals surface area contributed by atoms with Crippen LogP contribution in [0.25, 0.3) is 11.1 Å². The van der Waals surface area contributed by atoms with Crippen molar-refractivity contribution in [1.82, 2.24) is 0 Å². The molecule has 0 aliphatic heterocycles. The summed E-state index contributed by atoms with van der Waals surface area (Å²) in [6.07, 6.45) is 0. The Morgan fingerprint density at radius 2 is 1.09 bits per heavy atom. The summed E-state index contributed by atoms with van der Waals surface area (Å²) in [5.41, 5.74) is 6.40. The van der Waals surface area contributed by atoms with Crippen molar-refractivity contribution in [3.8, 4) is 11.1 Å². The molecule has 0 fully saturated rings. The molecular formula is C21H18O. The zero-order valence-corrected chi connectivity index (χ0v) is 12.8. The number of aliphatic hydroxyl groups is 1. The van der Waals surface area contributed by atoms with Crippen molar-refractivity contribution in [1.29, 1.82) is 0 Å². The molecule has 0 saturated carbocycles. The number of hydrogen-bond acceptors (Lipinski definition) is 1. The van der Waals surface area contributed by atoms with E-state index < -0.39 is 5.60 Å². The Morgan fingerprint density at radius 1 is 0.636 bits per heavy atom. The van der Waals surface area contributed by atoms with E-state index in [1.807, 2.05) is 42.5 Å². The van der Waals surface area contributed by atoms with Crippen LogP contribution in [0, 0.1) is 13.8 Å². The summed E-state index contributed by atoms with van der Waals surface area (Å²) < 4.78 is 0. The number of rotatable bonds is 1. The number of aryl methyl sites for hydroxylation is 2. The van der Waals surface area contributed by atoms with Crippen molar-refractivity contribution in [2.45, 2.75) is 19.4 Å². The Labute approximate surface area is 130 Å². The first-order valence-corrected chi connectivity index (χ1v) is 7.62. The molecule has 0 bridgehead atoms. The topological polar surface area (TPSA) is 20.2 Å². The Hall–Kier alpha value is -2.38. The molecule has 4 rings (SSSR count). The lowest BCUT2D eigenvalue weighted by atomic mass is 9.80. The van der Waals surface area contributed by atoms with Gasteiger partial charge in [0.1, 0.15) is 5.60 Å². The van der Waals surface area contributed by atoms with Crippen LogP contribution in [-0.4, -0.2) is 5.11 Å². The largest absolute Gasteiger partial charge is 0.376 e. The molecule has 1 aliphatic carbocycles. The van der Waals surface area contributed by atoms with Gasteiger partial charge >= 0.3 is 0 Å². The third-order valence-corrected chi connectivity index (χ3v) is 4.77. The van der Waals surface area contributed by atoms with Crippen LogP contribution in [0.4, 0.5) is 0 Å². The summed E-state index contributed by atoms with van der Waals surface area (Å²) in [6, 6.07) is 22.5. The molecule has 1 aliphatic rings. The van der Waals surface area contributed by atoms with E-state index >= 15 is 0 Å². The molecule has 1 heteroatoms. The zero-order valence-electron chi connectivity index (χ0n) is 12.8. The predicted molar refractivity (Wildman–Crippen MR) is 89.9 cm³/mol. The fourth-order valence-corrected chi connectivity index (χ4v) is 3.87. The molecule has 22 heavy (non-hydrogen) atoms. The minimum absolute atomic E-state index is 0.980. The molecule has 1 nitrogen and oxygen atoms in total. The fraction of sp³-hybridized carbons (Fsp3) is 0.143. The molecule has 0 amide bonds. The minimum atomic E-state index is -1.07. The van der Waals surface area contributed by atoms with Crippen molar-refractivity contribution in [2.24, 2.45) is 0 Å². The molecule has 3 aromatic rings. The number of benzene rings is 3. The van der Waals surface area contributed by atoms with Gasteiger partial charge in [0.2, 0.25) is 0 Å². The minimum Gasteiger partial charge on any atom is -0.376 e. The lowest BCUT2D eigenvalue weighted by Gasteiger charge is -2.29. The summed E-state index contributed by atoms with van der Waals surface area (Å²) in [4.78, 5) is 0. The molecule has 108 valence electrons. The van der Waals surface area contributed by atoms with Gasteiger partial charge in [0.15, 0.2) is 0 Å². The monoisotopic (exact) mass is 286 g/mol. The standard InChI is InChI=1S/C21H18O/c1-14-8-7-9-15(2)20(14)21(22)18-12-5-3-10-16(18)17-11-4-6-13-19(17)21/h3-13,22H,1-2H3. The van der Waals surface area contributed by atoms with E-state index in [0.717, 1.165) is 38.9 Å². The van der Waals surface area contributed by atoms with E-state index in [1.165, 1.54) is 0 Å². The van der Waals surface area contributed by atoms with Crippen molar-refractivity contribution in [3.05, 3.63) is 94.5 Å². The van der Waals surface area contributed by atoms with Gasteiger partial charge in [-0.15, -0.1) is 0 Å². The molecule has 0 spiro atoms. The average molecular weight is 286 g/mol. The maximum absolute atomic E-state index is 11.8. The Kier molecular flexibility index (Phi) is 2.75. The molecule has 3 aromatic carbocycles. The van der Waals surface area contributed by atoms with Gasteiger partial charge in [-0.05, 0) is 41.7 Å². The van der Waals surface area contributed by atoms with Gasteiger partial charge in [-0.3, -0.25) is 0 Å². The first-order valence-electron chi connectivity index (χ1n) is 7.62. The summed E-state index contributed by atoms with van der Waals surface area (Å²) >= 11 is 0. The molecule has 0 atom stereocenters. The third-order valence-electron chi connectivity index (χ3n) is 4.77. The number of hydrogen-bond donors (Lipinski definition) is 1. The zero-order chi connectivity index (χ0) is 15.3. The second-order valence-corrected chi connectivity index (χ2v) is 6.07. The van der Waals surface area contributed by atoms with Gasteiger partial charge in [-0.2, -0.15) is 0 Å². The number of fused-ring (bicyclic) bond motifs is 3. The lowest BCUT2D eigenvalue weighted by Crippen LogP contribution is -2.28. The Bertz CT molecular complexity index is 811. The maximum atomic E-state index is 11.8. The summed E-state index contributed by atoms with van der Waals surface area (Å²) in [5.74, 6) is 0. The van der Waals surface area contributed by atoms with Gasteiger partial charge in [-0.25, -0.2) is 0 Å². The van der Waals surface area contributed by atoms with Crippen molar-refractivity contribution < 1.29 is 5.11 Å². The Morgan fingerprint density at radius 3 is 1.59 bits per heavy atom. The van der Waals surface area contributed by atoms with Gasteiger partial charge in [-0.1, -0.05) is 66.7 Å². The molecule has 0 heterocycles. The van der Waals surface area contributed by atoms with Crippen LogP contribution in [0.3, 0.4) is 0 Å². The van der Waals surface area contributed by atoms with Gasteiger partial charge in [0, 0.05) is 11.1 Å². The fourth-order valence-electron chi connectivity index (χ4n) is 3.87. The highest BCUT2D eigenvalue weighted by Crippen LogP contribution is 2.51. The average Bonchev–Trinajstić information content (AvgIpc) is 2.79. The maximum Gasteiger partial charge on any atom is 0.142 e. The third kappa shape index (κ3) is 1.57. The molecule has 0 aromatic heterocycles. The Balaban J connectivity index is 2.14. The molecule has 0 radical (unpaired) electrons. The second kappa shape index (κ2) is 4.56. The quantitative estimate of drug-likeness (QED) is 0.695. The van der Waals surface area contributed by atoms with Gasteiger partial charge in [0.25, 0.3) is 0 Å². The summed E-state index contributed by atoms with van der Waals surface area (Å²) in [6.45, 7) is 4.15. The van der Waals surface area contributed by atoms with Gasteiger partial charge in [0.05, 0.1) is 0 Å². The van der Waals surface area contributed by atoms with E-state index in [9.17, 15) is 5.11 Å². The van der Waals surface area contributed by atoms with Crippen LogP contribution in [0.1, 0.15) is 27.8 Å². The van der Waals surface area contributed by atoms with Crippen LogP contribution in [0.2, 0.25) is 0 Å². The van der Waals surface area contributed by atoms with E-state index in [0.29, 0.717) is 0 Å². The summed E-state index contributed by atoms with van der Waals surface area (Å²) in [7, 11) is 0. The van der Waals surface area contributed by atoms with Crippen molar-refractivity contribution in [3.63, 3.8) is 0 Å². The van der Waals surface area contributed by atoms with E-state index in [2.05, 4.69) is 38.1 Å². The highest BCUT2D eigenvalue weighted by Gasteiger charge is 2.44. The smallest absolute Gasteiger partial charge is 0.142 e. The van der Waals surface area contributed by atoms with E-state index in [1.54, 1.807) is 0 Å². The van der Waals surface area contributed by atoms with Crippen molar-refractivity contribution >= 4 is 0 Å². The van der Waals surface area contributed by atoms with Crippen LogP contribution in [0.15, 0.2) is 66.7 Å². The molecule has 1 N–H and O–H groups in total. The second-order valence-electron chi connectivity index (χ2n) is 6.07. The molecular weight excluding hydrogens is 268 g/mol. The normalized spacial score (nSPS) is 14.5. The first-order chi connectivity index (χ1) is 10.6. The van der Waals surface area contributed by atoms with Crippen LogP contribution >= 0.6 is 0 Å². The van der Waals surface area contributed by atoms with E-state index in [-0.39, 0.29) is 0 Å². The highest BCUT2D eigenvalue weighted by atomic mass is 16.3. The lowest BCUT2D eigenvalue weighted by molar-refractivity contribution is 0.129. The summed E-state index contributed by atoms with van der Waals surface area (Å²) in [5, 5.41) is 11.8. The van der Waals surface area contributed by atoms with Crippen LogP contribution in [0.5, 0.6) is 0 Å². The molecule has 0 saturated heterocycles. The van der Waals surface area contributed by atoms with Gasteiger partial charge < -0.3 is 5.11 Å². The van der Waals surface area contributed by atoms with Crippen LogP contribution < -0.4 is 0 Å². The SMILES string of the molecule is Cc1cccc(C)c1C1(O)c2ccccc2-c2ccccc21. The van der Waals surface area contributed by atoms with Crippen molar-refractivity contribution in [2.75, 3.05) is 0 Å². The van der Waals surface area contributed by atoms with E-state index in [4.69, 9.17) is 0 Å². The van der Waals surface area contributed by atoms with Crippen LogP contribution in [-0.2, 0) is 5.60 Å². The first kappa shape index (κ1) is 13.3.